The number of fused-ring (bicyclic) bond motifs is 2. The van der Waals surface area contributed by atoms with E-state index in [1.165, 1.54) is 27.4 Å². The third-order valence-electron chi connectivity index (χ3n) is 9.20. The van der Waals surface area contributed by atoms with Gasteiger partial charge >= 0.3 is 0 Å². The van der Waals surface area contributed by atoms with Crippen LogP contribution in [0.4, 0.5) is 0 Å². The molecule has 8 aromatic rings. The van der Waals surface area contributed by atoms with Crippen LogP contribution in [0.2, 0.25) is 19.6 Å². The van der Waals surface area contributed by atoms with Crippen LogP contribution in [0.5, 0.6) is 0 Å². The van der Waals surface area contributed by atoms with Gasteiger partial charge in [0.05, 0.1) is 24.9 Å². The van der Waals surface area contributed by atoms with Crippen molar-refractivity contribution >= 4 is 35.3 Å². The number of hydrogen-bond acceptors (Lipinski definition) is 3. The molecule has 3 heterocycles. The third kappa shape index (κ3) is 8.21. The topological polar surface area (TPSA) is 43.9 Å². The monoisotopic (exact) mass is 890 g/mol. The van der Waals surface area contributed by atoms with Crippen LogP contribution in [0.1, 0.15) is 33.3 Å². The SMILES string of the molecule is C[Si](C)(C)c1ccc(-c2[c-]cccc2)nc1.[2H]C([2H])(c1ccc2o[c-]c(-c3nc4ccccc4n3-c3cc(C)c(-c4ccccc4)c(C)c3)c2c1)C(C)C.[Ir]. The molecule has 0 amide bonds. The van der Waals surface area contributed by atoms with Crippen molar-refractivity contribution in [3.63, 3.8) is 0 Å². The van der Waals surface area contributed by atoms with Crippen molar-refractivity contribution in [3.05, 3.63) is 157 Å². The molecule has 0 unspecified atom stereocenters. The summed E-state index contributed by atoms with van der Waals surface area (Å²) in [7, 11) is -1.23. The summed E-state index contributed by atoms with van der Waals surface area (Å²) >= 11 is 0. The van der Waals surface area contributed by atoms with Crippen LogP contribution >= 0.6 is 0 Å². The fourth-order valence-corrected chi connectivity index (χ4v) is 7.73. The first-order valence-corrected chi connectivity index (χ1v) is 21.4. The molecule has 0 aliphatic rings. The minimum atomic E-state index is -1.47. The van der Waals surface area contributed by atoms with Gasteiger partial charge in [0.2, 0.25) is 0 Å². The van der Waals surface area contributed by atoms with Crippen molar-refractivity contribution in [2.75, 3.05) is 0 Å². The first-order chi connectivity index (χ1) is 25.8. The van der Waals surface area contributed by atoms with E-state index in [2.05, 4.69) is 110 Å². The minimum absolute atomic E-state index is 0. The maximum Gasteiger partial charge on any atom is 0.0795 e. The van der Waals surface area contributed by atoms with E-state index < -0.39 is 14.4 Å². The molecule has 269 valence electrons. The average molecular weight is 890 g/mol. The van der Waals surface area contributed by atoms with Gasteiger partial charge in [0.25, 0.3) is 0 Å². The largest absolute Gasteiger partial charge is 0.557 e. The molecule has 0 spiro atoms. The smallest absolute Gasteiger partial charge is 0.0795 e. The Morgan fingerprint density at radius 1 is 0.830 bits per heavy atom. The molecule has 0 N–H and O–H groups in total. The molecule has 5 aromatic carbocycles. The Hall–Kier alpha value is -4.87. The van der Waals surface area contributed by atoms with E-state index in [4.69, 9.17) is 12.1 Å². The van der Waals surface area contributed by atoms with Crippen LogP contribution in [0.15, 0.2) is 132 Å². The maximum absolute atomic E-state index is 8.63. The summed E-state index contributed by atoms with van der Waals surface area (Å²) in [5.41, 5.74) is 11.8. The standard InChI is InChI=1S/C33H29N2O.C14H16NSi.Ir/c1-21(2)16-24-14-15-31-27(19-24)28(20-36-31)33-34-29-12-8-9-13-30(29)35(33)26-17-22(3)32(23(4)18-26)25-10-6-5-7-11-25;1-16(2,3)13-9-10-14(15-11-13)12-7-5-4-6-8-12;/h5-15,17-19,21H,16H2,1-4H3;4-7,9-11H,1-3H3;/q2*-1;/i16D2;;. The number of rotatable bonds is 7. The zero-order chi connectivity index (χ0) is 38.2. The van der Waals surface area contributed by atoms with Crippen LogP contribution in [0, 0.1) is 32.1 Å². The van der Waals surface area contributed by atoms with Gasteiger partial charge in [0, 0.05) is 46.6 Å². The van der Waals surface area contributed by atoms with Crippen molar-refractivity contribution in [2.24, 2.45) is 5.92 Å². The number of aromatic nitrogens is 3. The third-order valence-corrected chi connectivity index (χ3v) is 11.2. The van der Waals surface area contributed by atoms with Gasteiger partial charge in [-0.1, -0.05) is 123 Å². The van der Waals surface area contributed by atoms with E-state index in [1.807, 2.05) is 80.7 Å². The van der Waals surface area contributed by atoms with E-state index in [0.717, 1.165) is 44.8 Å². The van der Waals surface area contributed by atoms with Gasteiger partial charge in [-0.2, -0.15) is 0 Å². The number of hydrogen-bond donors (Lipinski definition) is 0. The molecule has 0 saturated heterocycles. The molecule has 4 nitrogen and oxygen atoms in total. The molecule has 0 aliphatic carbocycles. The number of aryl methyl sites for hydroxylation is 2. The van der Waals surface area contributed by atoms with Gasteiger partial charge < -0.3 is 14.0 Å². The average Bonchev–Trinajstić information content (AvgIpc) is 3.76. The molecule has 8 rings (SSSR count). The van der Waals surface area contributed by atoms with E-state index in [0.29, 0.717) is 11.1 Å². The molecule has 53 heavy (non-hydrogen) atoms. The zero-order valence-corrected chi connectivity index (χ0v) is 34.7. The summed E-state index contributed by atoms with van der Waals surface area (Å²) in [5, 5.41) is 2.20. The van der Waals surface area contributed by atoms with Gasteiger partial charge in [-0.05, 0) is 83.5 Å². The van der Waals surface area contributed by atoms with E-state index in [1.54, 1.807) is 6.07 Å². The molecular weight excluding hydrogens is 843 g/mol. The number of benzene rings is 5. The van der Waals surface area contributed by atoms with E-state index in [-0.39, 0.29) is 26.0 Å². The number of pyridine rings is 1. The summed E-state index contributed by atoms with van der Waals surface area (Å²) in [6.07, 6.45) is 3.64. The number of furan rings is 1. The first kappa shape index (κ1) is 35.2. The Balaban J connectivity index is 0.000000254. The van der Waals surface area contributed by atoms with Crippen LogP contribution in [0.25, 0.3) is 61.5 Å². The molecule has 0 bridgehead atoms. The molecule has 3 aromatic heterocycles. The second kappa shape index (κ2) is 16.0. The Bertz CT molecular complexity index is 2530. The van der Waals surface area contributed by atoms with E-state index >= 15 is 0 Å². The van der Waals surface area contributed by atoms with Crippen LogP contribution < -0.4 is 5.19 Å². The van der Waals surface area contributed by atoms with Crippen LogP contribution in [-0.4, -0.2) is 22.6 Å². The molecule has 6 heteroatoms. The van der Waals surface area contributed by atoms with Gasteiger partial charge in [-0.15, -0.1) is 35.9 Å². The Labute approximate surface area is 331 Å². The summed E-state index contributed by atoms with van der Waals surface area (Å²) in [6, 6.07) is 44.0. The van der Waals surface area contributed by atoms with Crippen molar-refractivity contribution < 1.29 is 27.3 Å². The summed E-state index contributed by atoms with van der Waals surface area (Å²) in [5.74, 6) is 0.552. The number of nitrogens with zero attached hydrogens (tertiary/aromatic N) is 3. The number of para-hydroxylation sites is 2. The van der Waals surface area contributed by atoms with Crippen LogP contribution in [0.3, 0.4) is 0 Å². The molecule has 0 saturated carbocycles. The van der Waals surface area contributed by atoms with Gasteiger partial charge in [0.1, 0.15) is 0 Å². The predicted octanol–water partition coefficient (Wildman–Crippen LogP) is 11.8. The van der Waals surface area contributed by atoms with Gasteiger partial charge in [0.15, 0.2) is 0 Å². The quantitative estimate of drug-likeness (QED) is 0.118. The Morgan fingerprint density at radius 2 is 1.55 bits per heavy atom. The minimum Gasteiger partial charge on any atom is -0.557 e. The van der Waals surface area contributed by atoms with Crippen molar-refractivity contribution in [2.45, 2.75) is 53.7 Å². The zero-order valence-electron chi connectivity index (χ0n) is 33.3. The summed E-state index contributed by atoms with van der Waals surface area (Å²) < 4.78 is 25.3. The van der Waals surface area contributed by atoms with Gasteiger partial charge in [-0.25, -0.2) is 0 Å². The Kier molecular flexibility index (Phi) is 10.6. The molecule has 1 radical (unpaired) electrons. The second-order valence-corrected chi connectivity index (χ2v) is 19.7. The summed E-state index contributed by atoms with van der Waals surface area (Å²) in [6.45, 7) is 15.1. The van der Waals surface area contributed by atoms with E-state index in [9.17, 15) is 0 Å². The maximum atomic E-state index is 8.63. The number of imidazole rings is 1. The predicted molar refractivity (Wildman–Crippen MR) is 220 cm³/mol. The summed E-state index contributed by atoms with van der Waals surface area (Å²) in [4.78, 5) is 9.55. The molecule has 0 fully saturated rings. The normalized spacial score (nSPS) is 12.2. The van der Waals surface area contributed by atoms with Crippen molar-refractivity contribution in [1.29, 1.82) is 0 Å². The van der Waals surface area contributed by atoms with Crippen molar-refractivity contribution in [3.8, 4) is 39.5 Å². The Morgan fingerprint density at radius 3 is 2.21 bits per heavy atom. The fraction of sp³-hybridized carbons (Fsp3) is 0.191. The fourth-order valence-electron chi connectivity index (χ4n) is 6.70. The molecule has 0 atom stereocenters. The molecular formula is C47H45IrN3OSi-2. The van der Waals surface area contributed by atoms with Gasteiger partial charge in [-0.3, -0.25) is 4.98 Å². The first-order valence-electron chi connectivity index (χ1n) is 18.9. The van der Waals surface area contributed by atoms with Crippen molar-refractivity contribution in [1.82, 2.24) is 14.5 Å². The second-order valence-electron chi connectivity index (χ2n) is 14.6. The van der Waals surface area contributed by atoms with Crippen LogP contribution in [-0.2, 0) is 26.5 Å². The molecule has 0 aliphatic heterocycles.